The number of rotatable bonds is 5. The molecule has 1 aliphatic rings. The number of aryl methyl sites for hydroxylation is 3. The summed E-state index contributed by atoms with van der Waals surface area (Å²) in [4.78, 5) is 19.4. The van der Waals surface area contributed by atoms with Gasteiger partial charge in [-0.25, -0.2) is 0 Å². The Hall–Kier alpha value is -2.22. The number of hydrogen-bond acceptors (Lipinski definition) is 6. The van der Waals surface area contributed by atoms with Gasteiger partial charge in [0.25, 0.3) is 5.91 Å². The van der Waals surface area contributed by atoms with Crippen molar-refractivity contribution in [2.45, 2.75) is 45.4 Å². The molecule has 8 nitrogen and oxygen atoms in total. The second kappa shape index (κ2) is 7.19. The van der Waals surface area contributed by atoms with Gasteiger partial charge in [0.2, 0.25) is 5.89 Å². The molecule has 0 unspecified atom stereocenters. The summed E-state index contributed by atoms with van der Waals surface area (Å²) < 4.78 is 12.3. The summed E-state index contributed by atoms with van der Waals surface area (Å²) in [5, 5.41) is 8.53. The predicted octanol–water partition coefficient (Wildman–Crippen LogP) is 1.94. The lowest BCUT2D eigenvalue weighted by Crippen LogP contribution is -2.46. The molecule has 0 radical (unpaired) electrons. The number of carbonyl (C=O) groups excluding carboxylic acids is 1. The number of hydrogen-bond donors (Lipinski definition) is 0. The van der Waals surface area contributed by atoms with Gasteiger partial charge in [0, 0.05) is 51.9 Å². The fourth-order valence-electron chi connectivity index (χ4n) is 3.78. The minimum absolute atomic E-state index is 0.0535. The second-order valence-corrected chi connectivity index (χ2v) is 7.12. The largest absolute Gasteiger partial charge is 0.385 e. The van der Waals surface area contributed by atoms with Gasteiger partial charge in [-0.15, -0.1) is 0 Å². The molecule has 3 heterocycles. The molecule has 2 aromatic rings. The van der Waals surface area contributed by atoms with Gasteiger partial charge in [-0.1, -0.05) is 5.16 Å². The number of amides is 1. The molecule has 0 aliphatic carbocycles. The smallest absolute Gasteiger partial charge is 0.257 e. The summed E-state index contributed by atoms with van der Waals surface area (Å²) in [6, 6.07) is 0. The summed E-state index contributed by atoms with van der Waals surface area (Å²) in [5.74, 6) is 1.35. The maximum Gasteiger partial charge on any atom is 0.257 e. The average molecular weight is 361 g/mol. The van der Waals surface area contributed by atoms with Crippen LogP contribution in [0.15, 0.2) is 4.52 Å². The van der Waals surface area contributed by atoms with E-state index in [2.05, 4.69) is 15.2 Å². The number of likely N-dealkylation sites (tertiary alicyclic amines) is 1. The summed E-state index contributed by atoms with van der Waals surface area (Å²) in [6.07, 6.45) is 2.40. The third-order valence-electron chi connectivity index (χ3n) is 5.52. The highest BCUT2D eigenvalue weighted by Gasteiger charge is 2.41. The summed E-state index contributed by atoms with van der Waals surface area (Å²) in [7, 11) is 3.56. The van der Waals surface area contributed by atoms with Crippen LogP contribution in [0.5, 0.6) is 0 Å². The van der Waals surface area contributed by atoms with Crippen LogP contribution < -0.4 is 0 Å². The normalized spacial score (nSPS) is 16.9. The Morgan fingerprint density at radius 1 is 1.27 bits per heavy atom. The van der Waals surface area contributed by atoms with E-state index in [0.717, 1.165) is 36.5 Å². The molecule has 0 aromatic carbocycles. The van der Waals surface area contributed by atoms with E-state index in [1.165, 1.54) is 0 Å². The van der Waals surface area contributed by atoms with Crippen molar-refractivity contribution in [2.75, 3.05) is 26.8 Å². The van der Waals surface area contributed by atoms with Crippen LogP contribution in [0.4, 0.5) is 0 Å². The first-order valence-electron chi connectivity index (χ1n) is 8.97. The van der Waals surface area contributed by atoms with E-state index < -0.39 is 0 Å². The number of piperidine rings is 1. The SMILES string of the molecule is COCCC1(c2noc(C)n2)CCN(C(=O)c2c(C)nn(C)c2C)CC1. The molecule has 0 saturated carbocycles. The van der Waals surface area contributed by atoms with Crippen molar-refractivity contribution in [3.63, 3.8) is 0 Å². The van der Waals surface area contributed by atoms with Gasteiger partial charge in [0.05, 0.1) is 11.3 Å². The lowest BCUT2D eigenvalue weighted by atomic mass is 9.75. The molecular weight excluding hydrogens is 334 g/mol. The second-order valence-electron chi connectivity index (χ2n) is 7.12. The van der Waals surface area contributed by atoms with Crippen molar-refractivity contribution in [1.82, 2.24) is 24.8 Å². The highest BCUT2D eigenvalue weighted by molar-refractivity contribution is 5.96. The first kappa shape index (κ1) is 18.6. The van der Waals surface area contributed by atoms with Gasteiger partial charge in [0.15, 0.2) is 5.82 Å². The Bertz CT molecular complexity index is 787. The predicted molar refractivity (Wildman–Crippen MR) is 95.0 cm³/mol. The topological polar surface area (TPSA) is 86.3 Å². The summed E-state index contributed by atoms with van der Waals surface area (Å²) in [6.45, 7) is 7.56. The van der Waals surface area contributed by atoms with Gasteiger partial charge < -0.3 is 14.2 Å². The van der Waals surface area contributed by atoms with Gasteiger partial charge >= 0.3 is 0 Å². The summed E-state index contributed by atoms with van der Waals surface area (Å²) in [5.41, 5.74) is 2.19. The first-order chi connectivity index (χ1) is 12.4. The van der Waals surface area contributed by atoms with Crippen LogP contribution >= 0.6 is 0 Å². The standard InChI is InChI=1S/C18H27N5O3/c1-12-15(13(2)22(4)20-12)16(24)23-9-6-18(7-10-23,8-11-25-5)17-19-14(3)26-21-17/h6-11H2,1-5H3. The molecular formula is C18H27N5O3. The molecule has 1 amide bonds. The summed E-state index contributed by atoms with van der Waals surface area (Å²) >= 11 is 0. The zero-order valence-electron chi connectivity index (χ0n) is 16.2. The molecule has 8 heteroatoms. The van der Waals surface area contributed by atoms with Gasteiger partial charge in [-0.05, 0) is 33.1 Å². The lowest BCUT2D eigenvalue weighted by Gasteiger charge is -2.39. The fraction of sp³-hybridized carbons (Fsp3) is 0.667. The molecule has 1 fully saturated rings. The molecule has 0 atom stereocenters. The fourth-order valence-corrected chi connectivity index (χ4v) is 3.78. The van der Waals surface area contributed by atoms with Crippen LogP contribution in [-0.2, 0) is 17.2 Å². The van der Waals surface area contributed by atoms with Gasteiger partial charge in [-0.3, -0.25) is 9.48 Å². The molecule has 1 saturated heterocycles. The zero-order valence-corrected chi connectivity index (χ0v) is 16.2. The van der Waals surface area contributed by atoms with Crippen LogP contribution in [0, 0.1) is 20.8 Å². The average Bonchev–Trinajstić information content (AvgIpc) is 3.17. The number of methoxy groups -OCH3 is 1. The Morgan fingerprint density at radius 2 is 1.96 bits per heavy atom. The van der Waals surface area contributed by atoms with Gasteiger partial charge in [-0.2, -0.15) is 10.1 Å². The van der Waals surface area contributed by atoms with E-state index in [1.807, 2.05) is 25.8 Å². The number of nitrogens with zero attached hydrogens (tertiary/aromatic N) is 5. The van der Waals surface area contributed by atoms with E-state index in [1.54, 1.807) is 18.7 Å². The van der Waals surface area contributed by atoms with Crippen molar-refractivity contribution in [3.05, 3.63) is 28.7 Å². The lowest BCUT2D eigenvalue weighted by molar-refractivity contribution is 0.0614. The highest BCUT2D eigenvalue weighted by Crippen LogP contribution is 2.37. The Labute approximate surface area is 153 Å². The first-order valence-corrected chi connectivity index (χ1v) is 8.97. The van der Waals surface area contributed by atoms with Crippen molar-refractivity contribution in [1.29, 1.82) is 0 Å². The monoisotopic (exact) mass is 361 g/mol. The number of carbonyl (C=O) groups is 1. The van der Waals surface area contributed by atoms with Crippen LogP contribution in [0.25, 0.3) is 0 Å². The maximum absolute atomic E-state index is 13.0. The molecule has 26 heavy (non-hydrogen) atoms. The van der Waals surface area contributed by atoms with E-state index in [4.69, 9.17) is 9.26 Å². The van der Waals surface area contributed by atoms with E-state index in [-0.39, 0.29) is 11.3 Å². The molecule has 1 aliphatic heterocycles. The minimum atomic E-state index is -0.205. The Kier molecular flexibility index (Phi) is 5.13. The third kappa shape index (κ3) is 3.25. The van der Waals surface area contributed by atoms with Crippen molar-refractivity contribution in [3.8, 4) is 0 Å². The quantitative estimate of drug-likeness (QED) is 0.809. The van der Waals surface area contributed by atoms with Crippen LogP contribution in [0.1, 0.15) is 52.7 Å². The van der Waals surface area contributed by atoms with Crippen molar-refractivity contribution < 1.29 is 14.1 Å². The van der Waals surface area contributed by atoms with E-state index in [9.17, 15) is 4.79 Å². The number of ether oxygens (including phenoxy) is 1. The molecule has 0 N–H and O–H groups in total. The third-order valence-corrected chi connectivity index (χ3v) is 5.52. The molecule has 0 bridgehead atoms. The molecule has 0 spiro atoms. The minimum Gasteiger partial charge on any atom is -0.385 e. The van der Waals surface area contributed by atoms with E-state index >= 15 is 0 Å². The number of aromatic nitrogens is 4. The van der Waals surface area contributed by atoms with Crippen LogP contribution in [-0.4, -0.2) is 57.5 Å². The molecule has 2 aromatic heterocycles. The van der Waals surface area contributed by atoms with Crippen LogP contribution in [0.2, 0.25) is 0 Å². The Morgan fingerprint density at radius 3 is 2.46 bits per heavy atom. The van der Waals surface area contributed by atoms with Crippen molar-refractivity contribution in [2.24, 2.45) is 7.05 Å². The van der Waals surface area contributed by atoms with Crippen molar-refractivity contribution >= 4 is 5.91 Å². The molecule has 3 rings (SSSR count). The highest BCUT2D eigenvalue weighted by atomic mass is 16.5. The van der Waals surface area contributed by atoms with Crippen LogP contribution in [0.3, 0.4) is 0 Å². The Balaban J connectivity index is 1.78. The maximum atomic E-state index is 13.0. The van der Waals surface area contributed by atoms with E-state index in [0.29, 0.717) is 31.2 Å². The van der Waals surface area contributed by atoms with Gasteiger partial charge in [0.1, 0.15) is 0 Å². The molecule has 142 valence electrons. The zero-order chi connectivity index (χ0) is 18.9.